The summed E-state index contributed by atoms with van der Waals surface area (Å²) in [7, 11) is -1.57. The van der Waals surface area contributed by atoms with Crippen molar-refractivity contribution >= 4 is 35.3 Å². The number of aryl methyl sites for hydroxylation is 1. The summed E-state index contributed by atoms with van der Waals surface area (Å²) in [6, 6.07) is 23.2. The molecule has 0 atom stereocenters. The molecule has 0 amide bonds. The molecular formula is C26H24N2OSi. The maximum absolute atomic E-state index is 6.22. The van der Waals surface area contributed by atoms with Crippen molar-refractivity contribution in [2.75, 3.05) is 0 Å². The molecule has 3 aromatic heterocycles. The minimum absolute atomic E-state index is 0.680. The molecule has 0 unspecified atom stereocenters. The number of para-hydroxylation sites is 1. The van der Waals surface area contributed by atoms with Crippen LogP contribution in [0, 0.1) is 6.92 Å². The molecule has 0 spiro atoms. The Morgan fingerprint density at radius 2 is 1.60 bits per heavy atom. The van der Waals surface area contributed by atoms with Gasteiger partial charge in [-0.15, -0.1) is 0 Å². The van der Waals surface area contributed by atoms with Gasteiger partial charge in [-0.05, 0) is 47.5 Å². The molecule has 3 nitrogen and oxygen atoms in total. The number of benzene rings is 2. The number of rotatable bonds is 3. The van der Waals surface area contributed by atoms with Crippen LogP contribution in [-0.4, -0.2) is 18.0 Å². The topological polar surface area (TPSA) is 38.9 Å². The molecule has 0 bridgehead atoms. The van der Waals surface area contributed by atoms with Crippen molar-refractivity contribution in [2.45, 2.75) is 26.6 Å². The highest BCUT2D eigenvalue weighted by atomic mass is 28.3. The summed E-state index contributed by atoms with van der Waals surface area (Å²) < 4.78 is 6.22. The van der Waals surface area contributed by atoms with E-state index in [1.54, 1.807) is 0 Å². The van der Waals surface area contributed by atoms with Gasteiger partial charge in [0.15, 0.2) is 0 Å². The highest BCUT2D eigenvalue weighted by Gasteiger charge is 2.23. The van der Waals surface area contributed by atoms with Crippen LogP contribution in [0.5, 0.6) is 0 Å². The fraction of sp³-hybridized carbons (Fsp3) is 0.154. The Kier molecular flexibility index (Phi) is 4.33. The summed E-state index contributed by atoms with van der Waals surface area (Å²) in [5.41, 5.74) is 6.90. The van der Waals surface area contributed by atoms with Gasteiger partial charge in [0.25, 0.3) is 0 Å². The van der Waals surface area contributed by atoms with Gasteiger partial charge in [-0.1, -0.05) is 62.1 Å². The molecule has 30 heavy (non-hydrogen) atoms. The van der Waals surface area contributed by atoms with Crippen molar-refractivity contribution in [2.24, 2.45) is 0 Å². The maximum Gasteiger partial charge on any atom is 0.227 e. The Bertz CT molecular complexity index is 1380. The van der Waals surface area contributed by atoms with E-state index in [4.69, 9.17) is 9.40 Å². The molecule has 0 saturated carbocycles. The van der Waals surface area contributed by atoms with E-state index in [0.717, 1.165) is 33.3 Å². The van der Waals surface area contributed by atoms with Gasteiger partial charge >= 0.3 is 0 Å². The lowest BCUT2D eigenvalue weighted by Gasteiger charge is -2.21. The average molecular weight is 409 g/mol. The number of nitrogens with zero attached hydrogens (tertiary/aromatic N) is 2. The molecule has 5 rings (SSSR count). The number of hydrogen-bond donors (Lipinski definition) is 0. The van der Waals surface area contributed by atoms with Gasteiger partial charge in [-0.2, -0.15) is 0 Å². The van der Waals surface area contributed by atoms with Crippen LogP contribution >= 0.6 is 0 Å². The van der Waals surface area contributed by atoms with Crippen molar-refractivity contribution < 1.29 is 4.42 Å². The molecule has 3 heterocycles. The fourth-order valence-corrected chi connectivity index (χ4v) is 5.51. The zero-order chi connectivity index (χ0) is 20.9. The van der Waals surface area contributed by atoms with Gasteiger partial charge < -0.3 is 4.42 Å². The van der Waals surface area contributed by atoms with E-state index in [1.165, 1.54) is 16.3 Å². The van der Waals surface area contributed by atoms with E-state index < -0.39 is 8.07 Å². The van der Waals surface area contributed by atoms with E-state index >= 15 is 0 Å². The normalized spacial score (nSPS) is 12.0. The largest absolute Gasteiger partial charge is 0.437 e. The highest BCUT2D eigenvalue weighted by molar-refractivity contribution is 6.89. The quantitative estimate of drug-likeness (QED) is 0.317. The van der Waals surface area contributed by atoms with Crippen molar-refractivity contribution in [1.82, 2.24) is 9.97 Å². The first kappa shape index (κ1) is 18.8. The summed E-state index contributed by atoms with van der Waals surface area (Å²) in [5.74, 6) is 0. The van der Waals surface area contributed by atoms with Crippen LogP contribution in [0.2, 0.25) is 19.6 Å². The Hall–Kier alpha value is -3.24. The lowest BCUT2D eigenvalue weighted by Crippen LogP contribution is -2.39. The van der Waals surface area contributed by atoms with Crippen LogP contribution in [0.25, 0.3) is 44.5 Å². The standard InChI is InChI=1S/C26H24N2OSi/c1-17-13-14-20-19-11-8-12-21(25(19)29-26(20)28-17)23-15-22(18-9-6-5-7-10-18)24(16-27-23)30(2,3)4/h5-16H,1-4H3. The summed E-state index contributed by atoms with van der Waals surface area (Å²) in [4.78, 5) is 9.47. The third kappa shape index (κ3) is 3.14. The van der Waals surface area contributed by atoms with Crippen molar-refractivity contribution in [1.29, 1.82) is 0 Å². The molecule has 0 saturated heterocycles. The summed E-state index contributed by atoms with van der Waals surface area (Å²) in [5, 5.41) is 3.48. The molecule has 4 heteroatoms. The summed E-state index contributed by atoms with van der Waals surface area (Å²) in [6.45, 7) is 9.08. The minimum atomic E-state index is -1.57. The third-order valence-corrected chi connectivity index (χ3v) is 7.59. The number of aromatic nitrogens is 2. The number of furan rings is 1. The van der Waals surface area contributed by atoms with Gasteiger partial charge in [0.05, 0.1) is 13.8 Å². The van der Waals surface area contributed by atoms with Crippen LogP contribution in [-0.2, 0) is 0 Å². The second-order valence-corrected chi connectivity index (χ2v) is 13.9. The van der Waals surface area contributed by atoms with Crippen LogP contribution < -0.4 is 5.19 Å². The predicted molar refractivity (Wildman–Crippen MR) is 128 cm³/mol. The molecule has 0 fully saturated rings. The molecule has 0 aliphatic carbocycles. The van der Waals surface area contributed by atoms with Gasteiger partial charge in [-0.3, -0.25) is 4.98 Å². The monoisotopic (exact) mass is 408 g/mol. The molecule has 5 aromatic rings. The van der Waals surface area contributed by atoms with E-state index in [-0.39, 0.29) is 0 Å². The second kappa shape index (κ2) is 6.92. The Labute approximate surface area is 177 Å². The molecule has 0 aliphatic heterocycles. The van der Waals surface area contributed by atoms with Crippen molar-refractivity contribution in [3.8, 4) is 22.4 Å². The van der Waals surface area contributed by atoms with Crippen molar-refractivity contribution in [3.63, 3.8) is 0 Å². The van der Waals surface area contributed by atoms with Gasteiger partial charge in [0.1, 0.15) is 5.58 Å². The second-order valence-electron chi connectivity index (χ2n) is 8.82. The molecule has 0 N–H and O–H groups in total. The van der Waals surface area contributed by atoms with Gasteiger partial charge in [0.2, 0.25) is 5.71 Å². The summed E-state index contributed by atoms with van der Waals surface area (Å²) in [6.07, 6.45) is 2.08. The Morgan fingerprint density at radius 3 is 2.37 bits per heavy atom. The van der Waals surface area contributed by atoms with Gasteiger partial charge in [0, 0.05) is 28.2 Å². The molecule has 2 aromatic carbocycles. The van der Waals surface area contributed by atoms with Gasteiger partial charge in [-0.25, -0.2) is 4.98 Å². The molecule has 0 radical (unpaired) electrons. The number of pyridine rings is 2. The molecular weight excluding hydrogens is 384 g/mol. The zero-order valence-corrected chi connectivity index (χ0v) is 18.7. The van der Waals surface area contributed by atoms with E-state index in [2.05, 4.69) is 91.5 Å². The lowest BCUT2D eigenvalue weighted by molar-refractivity contribution is 0.653. The first-order valence-electron chi connectivity index (χ1n) is 10.3. The first-order valence-corrected chi connectivity index (χ1v) is 13.8. The van der Waals surface area contributed by atoms with Crippen molar-refractivity contribution in [3.05, 3.63) is 78.6 Å². The van der Waals surface area contributed by atoms with E-state index in [9.17, 15) is 0 Å². The molecule has 0 aliphatic rings. The highest BCUT2D eigenvalue weighted by Crippen LogP contribution is 2.35. The number of hydrogen-bond acceptors (Lipinski definition) is 3. The Balaban J connectivity index is 1.77. The fourth-order valence-electron chi connectivity index (χ4n) is 4.03. The SMILES string of the molecule is Cc1ccc2c(n1)oc1c(-c3cc(-c4ccccc4)c([Si](C)(C)C)cn3)cccc12. The van der Waals surface area contributed by atoms with Crippen LogP contribution in [0.1, 0.15) is 5.69 Å². The van der Waals surface area contributed by atoms with E-state index in [0.29, 0.717) is 5.71 Å². The van der Waals surface area contributed by atoms with Crippen LogP contribution in [0.4, 0.5) is 0 Å². The third-order valence-electron chi connectivity index (χ3n) is 5.58. The zero-order valence-electron chi connectivity index (χ0n) is 17.7. The van der Waals surface area contributed by atoms with Crippen LogP contribution in [0.15, 0.2) is 77.3 Å². The van der Waals surface area contributed by atoms with Crippen LogP contribution in [0.3, 0.4) is 0 Å². The first-order chi connectivity index (χ1) is 14.4. The average Bonchev–Trinajstić information content (AvgIpc) is 3.11. The minimum Gasteiger partial charge on any atom is -0.437 e. The summed E-state index contributed by atoms with van der Waals surface area (Å²) >= 11 is 0. The molecule has 148 valence electrons. The Morgan fingerprint density at radius 1 is 0.800 bits per heavy atom. The lowest BCUT2D eigenvalue weighted by atomic mass is 10.0. The van der Waals surface area contributed by atoms with E-state index in [1.807, 2.05) is 13.0 Å². The number of fused-ring (bicyclic) bond motifs is 3. The maximum atomic E-state index is 6.22. The smallest absolute Gasteiger partial charge is 0.227 e. The predicted octanol–water partition coefficient (Wildman–Crippen LogP) is 6.56.